The Morgan fingerprint density at radius 3 is 2.73 bits per heavy atom. The van der Waals surface area contributed by atoms with Gasteiger partial charge in [-0.3, -0.25) is 4.79 Å². The van der Waals surface area contributed by atoms with Crippen molar-refractivity contribution in [1.29, 1.82) is 0 Å². The Labute approximate surface area is 95.6 Å². The highest BCUT2D eigenvalue weighted by atomic mass is 35.5. The molecule has 1 aromatic carbocycles. The Bertz CT molecular complexity index is 363. The van der Waals surface area contributed by atoms with Gasteiger partial charge in [-0.25, -0.2) is 0 Å². The standard InChI is InChI=1S/C12H16ClNO/c1-4-14-12(15)11(13)10-7-5-6-8(2)9(10)3/h5-7,11H,4H2,1-3H3,(H,14,15). The van der Waals surface area contributed by atoms with Gasteiger partial charge in [0.1, 0.15) is 5.38 Å². The number of carbonyl (C=O) groups excluding carboxylic acids is 1. The number of rotatable bonds is 3. The second-order valence-corrected chi connectivity index (χ2v) is 3.98. The molecule has 15 heavy (non-hydrogen) atoms. The second-order valence-electron chi connectivity index (χ2n) is 3.55. The predicted molar refractivity (Wildman–Crippen MR) is 63.2 cm³/mol. The molecule has 0 fully saturated rings. The zero-order valence-electron chi connectivity index (χ0n) is 9.30. The third kappa shape index (κ3) is 2.72. The van der Waals surface area contributed by atoms with Crippen LogP contribution in [0.5, 0.6) is 0 Å². The number of nitrogens with one attached hydrogen (secondary N) is 1. The van der Waals surface area contributed by atoms with Gasteiger partial charge >= 0.3 is 0 Å². The number of hydrogen-bond acceptors (Lipinski definition) is 1. The van der Waals surface area contributed by atoms with E-state index in [1.807, 2.05) is 39.0 Å². The van der Waals surface area contributed by atoms with Gasteiger partial charge in [0.05, 0.1) is 0 Å². The molecule has 0 aliphatic carbocycles. The van der Waals surface area contributed by atoms with Crippen LogP contribution in [0.3, 0.4) is 0 Å². The fraction of sp³-hybridized carbons (Fsp3) is 0.417. The van der Waals surface area contributed by atoms with Crippen molar-refractivity contribution in [2.75, 3.05) is 6.54 Å². The van der Waals surface area contributed by atoms with Crippen molar-refractivity contribution < 1.29 is 4.79 Å². The molecular formula is C12H16ClNO. The SMILES string of the molecule is CCNC(=O)C(Cl)c1cccc(C)c1C. The molecule has 0 saturated carbocycles. The molecule has 0 spiro atoms. The first kappa shape index (κ1) is 12.1. The maximum atomic E-state index is 11.6. The molecule has 1 atom stereocenters. The van der Waals surface area contributed by atoms with E-state index in [1.165, 1.54) is 0 Å². The van der Waals surface area contributed by atoms with Gasteiger partial charge in [-0.1, -0.05) is 18.2 Å². The van der Waals surface area contributed by atoms with E-state index in [0.717, 1.165) is 16.7 Å². The molecule has 1 amide bonds. The molecule has 0 aliphatic heterocycles. The average Bonchev–Trinajstić information content (AvgIpc) is 2.21. The summed E-state index contributed by atoms with van der Waals surface area (Å²) in [4.78, 5) is 11.6. The third-order valence-electron chi connectivity index (χ3n) is 2.50. The van der Waals surface area contributed by atoms with Crippen molar-refractivity contribution in [3.05, 3.63) is 34.9 Å². The minimum atomic E-state index is -0.593. The monoisotopic (exact) mass is 225 g/mol. The maximum absolute atomic E-state index is 11.6. The van der Waals surface area contributed by atoms with E-state index in [-0.39, 0.29) is 5.91 Å². The van der Waals surface area contributed by atoms with Gasteiger partial charge in [-0.15, -0.1) is 11.6 Å². The number of benzene rings is 1. The number of alkyl halides is 1. The molecule has 1 N–H and O–H groups in total. The first-order valence-electron chi connectivity index (χ1n) is 5.05. The highest BCUT2D eigenvalue weighted by molar-refractivity contribution is 6.30. The van der Waals surface area contributed by atoms with E-state index in [1.54, 1.807) is 0 Å². The molecule has 0 aliphatic rings. The van der Waals surface area contributed by atoms with Crippen LogP contribution < -0.4 is 5.32 Å². The summed E-state index contributed by atoms with van der Waals surface area (Å²) in [5.41, 5.74) is 3.13. The first-order chi connectivity index (χ1) is 7.07. The van der Waals surface area contributed by atoms with Gasteiger partial charge in [-0.2, -0.15) is 0 Å². The average molecular weight is 226 g/mol. The Morgan fingerprint density at radius 2 is 2.13 bits per heavy atom. The summed E-state index contributed by atoms with van der Waals surface area (Å²) in [7, 11) is 0. The zero-order chi connectivity index (χ0) is 11.4. The van der Waals surface area contributed by atoms with E-state index in [2.05, 4.69) is 5.32 Å². The van der Waals surface area contributed by atoms with Crippen molar-refractivity contribution in [3.8, 4) is 0 Å². The molecule has 1 unspecified atom stereocenters. The topological polar surface area (TPSA) is 29.1 Å². The lowest BCUT2D eigenvalue weighted by Crippen LogP contribution is -2.26. The Morgan fingerprint density at radius 1 is 1.47 bits per heavy atom. The van der Waals surface area contributed by atoms with Gasteiger partial charge in [0.15, 0.2) is 0 Å². The van der Waals surface area contributed by atoms with Gasteiger partial charge in [-0.05, 0) is 37.5 Å². The summed E-state index contributed by atoms with van der Waals surface area (Å²) in [6.45, 7) is 6.48. The lowest BCUT2D eigenvalue weighted by molar-refractivity contribution is -0.120. The lowest BCUT2D eigenvalue weighted by Gasteiger charge is -2.13. The summed E-state index contributed by atoms with van der Waals surface area (Å²) in [6.07, 6.45) is 0. The third-order valence-corrected chi connectivity index (χ3v) is 2.93. The Hall–Kier alpha value is -1.02. The Balaban J connectivity index is 2.96. The quantitative estimate of drug-likeness (QED) is 0.788. The van der Waals surface area contributed by atoms with E-state index in [4.69, 9.17) is 11.6 Å². The molecule has 1 aromatic rings. The van der Waals surface area contributed by atoms with E-state index >= 15 is 0 Å². The molecule has 2 nitrogen and oxygen atoms in total. The summed E-state index contributed by atoms with van der Waals surface area (Å²) in [6, 6.07) is 5.84. The predicted octanol–water partition coefficient (Wildman–Crippen LogP) is 2.72. The molecule has 0 aromatic heterocycles. The summed E-state index contributed by atoms with van der Waals surface area (Å²) < 4.78 is 0. The molecule has 1 rings (SSSR count). The van der Waals surface area contributed by atoms with E-state index in [0.29, 0.717) is 6.54 Å². The molecule has 0 radical (unpaired) electrons. The van der Waals surface area contributed by atoms with Crippen LogP contribution in [-0.2, 0) is 4.79 Å². The summed E-state index contributed by atoms with van der Waals surface area (Å²) in [5.74, 6) is -0.132. The molecule has 3 heteroatoms. The van der Waals surface area contributed by atoms with Crippen molar-refractivity contribution >= 4 is 17.5 Å². The molecule has 0 heterocycles. The smallest absolute Gasteiger partial charge is 0.242 e. The minimum absolute atomic E-state index is 0.132. The van der Waals surface area contributed by atoms with Gasteiger partial charge in [0, 0.05) is 6.54 Å². The molecule has 0 bridgehead atoms. The van der Waals surface area contributed by atoms with Crippen LogP contribution in [0.2, 0.25) is 0 Å². The van der Waals surface area contributed by atoms with Crippen LogP contribution in [-0.4, -0.2) is 12.5 Å². The zero-order valence-corrected chi connectivity index (χ0v) is 10.1. The largest absolute Gasteiger partial charge is 0.355 e. The van der Waals surface area contributed by atoms with E-state index in [9.17, 15) is 4.79 Å². The molecule has 82 valence electrons. The van der Waals surface area contributed by atoms with Crippen LogP contribution in [0.15, 0.2) is 18.2 Å². The number of halogens is 1. The normalized spacial score (nSPS) is 12.3. The second kappa shape index (κ2) is 5.17. The van der Waals surface area contributed by atoms with Gasteiger partial charge in [0.2, 0.25) is 5.91 Å². The van der Waals surface area contributed by atoms with Crippen molar-refractivity contribution in [3.63, 3.8) is 0 Å². The fourth-order valence-corrected chi connectivity index (χ4v) is 1.77. The summed E-state index contributed by atoms with van der Waals surface area (Å²) in [5, 5.41) is 2.13. The van der Waals surface area contributed by atoms with Crippen LogP contribution in [0.4, 0.5) is 0 Å². The van der Waals surface area contributed by atoms with Crippen LogP contribution in [0.25, 0.3) is 0 Å². The van der Waals surface area contributed by atoms with Crippen molar-refractivity contribution in [1.82, 2.24) is 5.32 Å². The van der Waals surface area contributed by atoms with Crippen LogP contribution >= 0.6 is 11.6 Å². The van der Waals surface area contributed by atoms with Crippen molar-refractivity contribution in [2.24, 2.45) is 0 Å². The fourth-order valence-electron chi connectivity index (χ4n) is 1.45. The minimum Gasteiger partial charge on any atom is -0.355 e. The number of hydrogen-bond donors (Lipinski definition) is 1. The lowest BCUT2D eigenvalue weighted by atomic mass is 10.0. The van der Waals surface area contributed by atoms with Crippen molar-refractivity contribution in [2.45, 2.75) is 26.1 Å². The van der Waals surface area contributed by atoms with Crippen LogP contribution in [0, 0.1) is 13.8 Å². The summed E-state index contributed by atoms with van der Waals surface area (Å²) >= 11 is 6.10. The Kier molecular flexibility index (Phi) is 4.15. The molecule has 0 saturated heterocycles. The van der Waals surface area contributed by atoms with Gasteiger partial charge in [0.25, 0.3) is 0 Å². The number of carbonyl (C=O) groups is 1. The highest BCUT2D eigenvalue weighted by Gasteiger charge is 2.18. The highest BCUT2D eigenvalue weighted by Crippen LogP contribution is 2.25. The van der Waals surface area contributed by atoms with Gasteiger partial charge < -0.3 is 5.32 Å². The maximum Gasteiger partial charge on any atom is 0.242 e. The van der Waals surface area contributed by atoms with Crippen LogP contribution in [0.1, 0.15) is 29.0 Å². The molecular weight excluding hydrogens is 210 g/mol. The van der Waals surface area contributed by atoms with E-state index < -0.39 is 5.38 Å². The number of likely N-dealkylation sites (N-methyl/N-ethyl adjacent to an activating group) is 1. The number of amides is 1. The first-order valence-corrected chi connectivity index (χ1v) is 5.49. The number of aryl methyl sites for hydroxylation is 1.